The zero-order valence-corrected chi connectivity index (χ0v) is 16.3. The molecule has 0 N–H and O–H groups in total. The Hall–Kier alpha value is -3.73. The summed E-state index contributed by atoms with van der Waals surface area (Å²) in [7, 11) is 0. The van der Waals surface area contributed by atoms with E-state index in [1.165, 1.54) is 0 Å². The number of carbonyl (C=O) groups excluding carboxylic acids is 2. The summed E-state index contributed by atoms with van der Waals surface area (Å²) in [5.74, 6) is 1.46. The van der Waals surface area contributed by atoms with Gasteiger partial charge in [0.05, 0.1) is 11.6 Å². The zero-order chi connectivity index (χ0) is 20.9. The van der Waals surface area contributed by atoms with Crippen molar-refractivity contribution in [3.8, 4) is 23.3 Å². The Morgan fingerprint density at radius 3 is 2.37 bits per heavy atom. The first-order valence-corrected chi connectivity index (χ1v) is 9.72. The van der Waals surface area contributed by atoms with Crippen molar-refractivity contribution >= 4 is 11.8 Å². The molecule has 2 aromatic rings. The molecule has 2 aromatic carbocycles. The van der Waals surface area contributed by atoms with Gasteiger partial charge in [0.1, 0.15) is 12.4 Å². The fourth-order valence-corrected chi connectivity index (χ4v) is 3.38. The quantitative estimate of drug-likeness (QED) is 0.762. The highest BCUT2D eigenvalue weighted by atomic mass is 16.6. The van der Waals surface area contributed by atoms with Crippen LogP contribution in [0.15, 0.2) is 48.5 Å². The van der Waals surface area contributed by atoms with Crippen LogP contribution in [0.4, 0.5) is 0 Å². The second-order valence-electron chi connectivity index (χ2n) is 7.00. The Morgan fingerprint density at radius 1 is 1.00 bits per heavy atom. The molecular formula is C22H21N3O5. The number of hydrogen-bond acceptors (Lipinski definition) is 6. The minimum Gasteiger partial charge on any atom is -0.485 e. The van der Waals surface area contributed by atoms with Crippen LogP contribution in [0, 0.1) is 11.3 Å². The fourth-order valence-electron chi connectivity index (χ4n) is 3.38. The minimum atomic E-state index is -0.679. The number of para-hydroxylation sites is 2. The van der Waals surface area contributed by atoms with Gasteiger partial charge < -0.3 is 24.0 Å². The molecular weight excluding hydrogens is 386 g/mol. The first-order chi connectivity index (χ1) is 14.6. The van der Waals surface area contributed by atoms with Crippen molar-refractivity contribution in [1.82, 2.24) is 9.80 Å². The van der Waals surface area contributed by atoms with Gasteiger partial charge in [0.15, 0.2) is 18.1 Å². The summed E-state index contributed by atoms with van der Waals surface area (Å²) >= 11 is 0. The summed E-state index contributed by atoms with van der Waals surface area (Å²) in [6.45, 7) is 1.83. The highest BCUT2D eigenvalue weighted by Gasteiger charge is 2.33. The zero-order valence-electron chi connectivity index (χ0n) is 16.3. The van der Waals surface area contributed by atoms with E-state index in [1.807, 2.05) is 18.2 Å². The third kappa shape index (κ3) is 4.30. The molecule has 0 saturated carbocycles. The lowest BCUT2D eigenvalue weighted by Gasteiger charge is -2.37. The van der Waals surface area contributed by atoms with E-state index in [1.54, 1.807) is 46.2 Å². The molecule has 0 radical (unpaired) electrons. The van der Waals surface area contributed by atoms with E-state index in [-0.39, 0.29) is 25.0 Å². The molecule has 1 atom stereocenters. The maximum Gasteiger partial charge on any atom is 0.267 e. The van der Waals surface area contributed by atoms with E-state index in [2.05, 4.69) is 0 Å². The van der Waals surface area contributed by atoms with Crippen molar-refractivity contribution in [3.05, 3.63) is 54.1 Å². The number of rotatable bonds is 4. The van der Waals surface area contributed by atoms with Crippen LogP contribution in [-0.2, 0) is 9.59 Å². The standard InChI is InChI=1S/C22H21N3O5/c23-13-16-5-7-17(8-6-16)28-15-21(26)24-9-11-25(12-10-24)22(27)20-14-29-18-3-1-2-4-19(18)30-20/h1-8,20H,9-12,14-15H2. The SMILES string of the molecule is N#Cc1ccc(OCC(=O)N2CCN(C(=O)C3COc4ccccc4O3)CC2)cc1. The van der Waals surface area contributed by atoms with Crippen LogP contribution in [0.5, 0.6) is 17.2 Å². The minimum absolute atomic E-state index is 0.0871. The van der Waals surface area contributed by atoms with Gasteiger partial charge in [-0.3, -0.25) is 9.59 Å². The highest BCUT2D eigenvalue weighted by molar-refractivity contribution is 5.83. The molecule has 30 heavy (non-hydrogen) atoms. The second kappa shape index (κ2) is 8.74. The highest BCUT2D eigenvalue weighted by Crippen LogP contribution is 2.31. The topological polar surface area (TPSA) is 92.1 Å². The molecule has 1 fully saturated rings. The van der Waals surface area contributed by atoms with E-state index in [4.69, 9.17) is 19.5 Å². The van der Waals surface area contributed by atoms with Gasteiger partial charge in [0.2, 0.25) is 6.10 Å². The third-order valence-electron chi connectivity index (χ3n) is 5.07. The normalized spacial score (nSPS) is 17.8. The van der Waals surface area contributed by atoms with E-state index in [0.717, 1.165) is 0 Å². The molecule has 1 unspecified atom stereocenters. The Labute approximate surface area is 174 Å². The Kier molecular flexibility index (Phi) is 5.70. The van der Waals surface area contributed by atoms with Crippen LogP contribution in [0.2, 0.25) is 0 Å². The van der Waals surface area contributed by atoms with Gasteiger partial charge in [-0.15, -0.1) is 0 Å². The Morgan fingerprint density at radius 2 is 1.67 bits per heavy atom. The number of nitrogens with zero attached hydrogens (tertiary/aromatic N) is 3. The molecule has 2 heterocycles. The Balaban J connectivity index is 1.24. The predicted molar refractivity (Wildman–Crippen MR) is 106 cm³/mol. The molecule has 0 aliphatic carbocycles. The van der Waals surface area contributed by atoms with Crippen LogP contribution >= 0.6 is 0 Å². The van der Waals surface area contributed by atoms with E-state index < -0.39 is 6.10 Å². The van der Waals surface area contributed by atoms with Gasteiger partial charge in [-0.05, 0) is 36.4 Å². The monoisotopic (exact) mass is 407 g/mol. The van der Waals surface area contributed by atoms with Gasteiger partial charge in [-0.1, -0.05) is 12.1 Å². The second-order valence-corrected chi connectivity index (χ2v) is 7.00. The first-order valence-electron chi connectivity index (χ1n) is 9.72. The molecule has 4 rings (SSSR count). The fraction of sp³-hybridized carbons (Fsp3) is 0.318. The average Bonchev–Trinajstić information content (AvgIpc) is 2.82. The summed E-state index contributed by atoms with van der Waals surface area (Å²) in [4.78, 5) is 28.6. The van der Waals surface area contributed by atoms with E-state index in [9.17, 15) is 9.59 Å². The summed E-state index contributed by atoms with van der Waals surface area (Å²) in [5, 5.41) is 8.81. The van der Waals surface area contributed by atoms with Crippen molar-refractivity contribution in [2.45, 2.75) is 6.10 Å². The van der Waals surface area contributed by atoms with Gasteiger partial charge in [-0.25, -0.2) is 0 Å². The number of piperazine rings is 1. The van der Waals surface area contributed by atoms with E-state index in [0.29, 0.717) is 49.0 Å². The van der Waals surface area contributed by atoms with E-state index >= 15 is 0 Å². The van der Waals surface area contributed by atoms with Gasteiger partial charge in [0, 0.05) is 26.2 Å². The molecule has 2 aliphatic heterocycles. The van der Waals surface area contributed by atoms with Crippen LogP contribution in [-0.4, -0.2) is 67.1 Å². The summed E-state index contributed by atoms with van der Waals surface area (Å²) in [6.07, 6.45) is -0.679. The number of amides is 2. The lowest BCUT2D eigenvalue weighted by Crippen LogP contribution is -2.55. The van der Waals surface area contributed by atoms with Crippen LogP contribution < -0.4 is 14.2 Å². The molecule has 0 spiro atoms. The number of carbonyl (C=O) groups is 2. The molecule has 0 aromatic heterocycles. The summed E-state index contributed by atoms with van der Waals surface area (Å²) < 4.78 is 16.9. The molecule has 8 heteroatoms. The molecule has 2 amide bonds. The van der Waals surface area contributed by atoms with Crippen LogP contribution in [0.25, 0.3) is 0 Å². The summed E-state index contributed by atoms with van der Waals surface area (Å²) in [5.41, 5.74) is 0.533. The van der Waals surface area contributed by atoms with Crippen molar-refractivity contribution in [3.63, 3.8) is 0 Å². The molecule has 154 valence electrons. The van der Waals surface area contributed by atoms with Crippen molar-refractivity contribution < 1.29 is 23.8 Å². The molecule has 2 aliphatic rings. The summed E-state index contributed by atoms with van der Waals surface area (Å²) in [6, 6.07) is 15.9. The van der Waals surface area contributed by atoms with Gasteiger partial charge in [-0.2, -0.15) is 5.26 Å². The molecule has 8 nitrogen and oxygen atoms in total. The van der Waals surface area contributed by atoms with Gasteiger partial charge in [0.25, 0.3) is 11.8 Å². The molecule has 0 bridgehead atoms. The number of fused-ring (bicyclic) bond motifs is 1. The lowest BCUT2D eigenvalue weighted by molar-refractivity contribution is -0.146. The maximum absolute atomic E-state index is 12.8. The van der Waals surface area contributed by atoms with Crippen molar-refractivity contribution in [2.24, 2.45) is 0 Å². The smallest absolute Gasteiger partial charge is 0.267 e. The predicted octanol–water partition coefficient (Wildman–Crippen LogP) is 1.45. The van der Waals surface area contributed by atoms with Crippen LogP contribution in [0.3, 0.4) is 0 Å². The average molecular weight is 407 g/mol. The number of nitriles is 1. The largest absolute Gasteiger partial charge is 0.485 e. The first kappa shape index (κ1) is 19.6. The number of benzene rings is 2. The lowest BCUT2D eigenvalue weighted by atomic mass is 10.2. The van der Waals surface area contributed by atoms with Crippen molar-refractivity contribution in [2.75, 3.05) is 39.4 Å². The van der Waals surface area contributed by atoms with Crippen molar-refractivity contribution in [1.29, 1.82) is 5.26 Å². The molecule has 1 saturated heterocycles. The van der Waals surface area contributed by atoms with Crippen LogP contribution in [0.1, 0.15) is 5.56 Å². The van der Waals surface area contributed by atoms with Gasteiger partial charge >= 0.3 is 0 Å². The maximum atomic E-state index is 12.8. The Bertz CT molecular complexity index is 961. The number of ether oxygens (including phenoxy) is 3. The number of hydrogen-bond donors (Lipinski definition) is 0. The third-order valence-corrected chi connectivity index (χ3v) is 5.07.